The van der Waals surface area contributed by atoms with Crippen LogP contribution in [-0.4, -0.2) is 103 Å². The molecule has 22 heteroatoms. The lowest BCUT2D eigenvalue weighted by Crippen LogP contribution is -2.40. The number of hydrogen-bond donors (Lipinski definition) is 0. The molecule has 0 aliphatic heterocycles. The van der Waals surface area contributed by atoms with Crippen LogP contribution in [0, 0.1) is 25.5 Å². The molecule has 2 aliphatic carbocycles. The molecule has 96 heavy (non-hydrogen) atoms. The molecule has 0 radical (unpaired) electrons. The number of halogens is 8. The fourth-order valence-electron chi connectivity index (χ4n) is 9.77. The second-order valence-electron chi connectivity index (χ2n) is 21.1. The summed E-state index contributed by atoms with van der Waals surface area (Å²) in [5, 5.41) is -1.41. The van der Waals surface area contributed by atoms with Gasteiger partial charge in [-0.3, -0.25) is 19.2 Å². The largest absolute Gasteiger partial charge is 0.416 e. The van der Waals surface area contributed by atoms with Gasteiger partial charge in [-0.1, -0.05) is 136 Å². The van der Waals surface area contributed by atoms with Crippen molar-refractivity contribution in [3.05, 3.63) is 233 Å². The van der Waals surface area contributed by atoms with Gasteiger partial charge in [0.2, 0.25) is 11.8 Å². The van der Waals surface area contributed by atoms with Crippen molar-refractivity contribution in [3.63, 3.8) is 0 Å². The summed E-state index contributed by atoms with van der Waals surface area (Å²) in [6, 6.07) is 10.2. The van der Waals surface area contributed by atoms with Gasteiger partial charge in [0.25, 0.3) is 11.1 Å². The molecule has 2 aliphatic rings. The van der Waals surface area contributed by atoms with Crippen molar-refractivity contribution in [2.75, 3.05) is 52.1 Å². The second kappa shape index (κ2) is 32.9. The van der Waals surface area contributed by atoms with E-state index in [9.17, 15) is 60.5 Å². The molecule has 6 aromatic carbocycles. The smallest absolute Gasteiger partial charge is 0.336 e. The molecule has 0 bridgehead atoms. The van der Waals surface area contributed by atoms with E-state index in [-0.39, 0.29) is 116 Å². The lowest BCUT2D eigenvalue weighted by Gasteiger charge is -2.28. The Morgan fingerprint density at radius 2 is 0.948 bits per heavy atom. The number of thioether (sulfide) groups is 2. The molecule has 2 aromatic heterocycles. The molecule has 0 N–H and O–H groups in total. The number of benzene rings is 6. The van der Waals surface area contributed by atoms with Crippen LogP contribution in [0.15, 0.2) is 153 Å². The first-order valence-corrected chi connectivity index (χ1v) is 31.0. The molecule has 0 fully saturated rings. The van der Waals surface area contributed by atoms with E-state index in [0.29, 0.717) is 48.7 Å². The first kappa shape index (κ1) is 43.4. The van der Waals surface area contributed by atoms with Crippen molar-refractivity contribution < 1.29 is 83.1 Å². The highest BCUT2D eigenvalue weighted by atomic mass is 32.2. The van der Waals surface area contributed by atoms with E-state index in [1.165, 1.54) is 6.92 Å². The fraction of sp³-hybridized carbons (Fsp3) is 0.378. The van der Waals surface area contributed by atoms with Crippen molar-refractivity contribution in [1.82, 2.24) is 38.7 Å². The van der Waals surface area contributed by atoms with Gasteiger partial charge in [-0.05, 0) is 183 Å². The van der Waals surface area contributed by atoms with Crippen LogP contribution in [0.3, 0.4) is 0 Å². The highest BCUT2D eigenvalue weighted by Gasteiger charge is 2.32. The molecule has 12 nitrogen and oxygen atoms in total. The predicted octanol–water partition coefficient (Wildman–Crippen LogP) is 15.1. The van der Waals surface area contributed by atoms with Crippen molar-refractivity contribution in [2.45, 2.75) is 140 Å². The Balaban J connectivity index is 0.000000282. The molecule has 0 unspecified atom stereocenters. The number of rotatable bonds is 26. The highest BCUT2D eigenvalue weighted by Crippen LogP contribution is 2.35. The van der Waals surface area contributed by atoms with Crippen molar-refractivity contribution in [1.29, 1.82) is 0 Å². The number of fused-ring (bicyclic) bond motifs is 2. The van der Waals surface area contributed by atoms with E-state index < -0.39 is 210 Å². The maximum Gasteiger partial charge on any atom is 0.416 e. The average molecular weight is 1390 g/mol. The Morgan fingerprint density at radius 1 is 0.531 bits per heavy atom. The Kier molecular flexibility index (Phi) is 14.9. The quantitative estimate of drug-likeness (QED) is 0.0295. The number of carbonyl (C=O) groups excluding carboxylic acids is 2. The van der Waals surface area contributed by atoms with Crippen molar-refractivity contribution >= 4 is 35.3 Å². The van der Waals surface area contributed by atoms with Crippen molar-refractivity contribution in [2.24, 2.45) is 0 Å². The molecule has 2 heterocycles. The summed E-state index contributed by atoms with van der Waals surface area (Å²) >= 11 is 0.357. The Bertz CT molecular complexity index is 5450. The molecule has 10 rings (SSSR count). The van der Waals surface area contributed by atoms with Gasteiger partial charge >= 0.3 is 12.4 Å². The van der Waals surface area contributed by atoms with Crippen molar-refractivity contribution in [3.8, 4) is 22.3 Å². The standard InChI is InChI=1S/2C37H40F4N4O2S/c2*1-4-43(5-2)19-20-44(22-29-12-11-28(21-25(29)3)27-13-15-30(16-14-27)37(39,40)41)34(46)23-45-33-8-6-7-32(33)35(47)42-36(45)48-24-26-9-17-31(38)18-10-26/h2*9-18,21H,4-8,19-20,22-24H2,1-3H3/i4D2,5D2,11D,12D,19D2,20D2,21D,22D2,23D2,24D2;4D2,5D2,11D,12D,21D,23D2,24D2. The molecule has 0 spiro atoms. The van der Waals surface area contributed by atoms with Crippen LogP contribution in [-0.2, 0) is 85.1 Å². The van der Waals surface area contributed by atoms with Gasteiger partial charge in [0, 0.05) is 92.2 Å². The zero-order valence-corrected chi connectivity index (χ0v) is 53.8. The summed E-state index contributed by atoms with van der Waals surface area (Å²) in [7, 11) is 0. The van der Waals surface area contributed by atoms with Crippen LogP contribution in [0.4, 0.5) is 35.1 Å². The summed E-state index contributed by atoms with van der Waals surface area (Å²) in [4.78, 5) is 65.1. The Morgan fingerprint density at radius 3 is 1.38 bits per heavy atom. The van der Waals surface area contributed by atoms with Gasteiger partial charge in [-0.15, -0.1) is 0 Å². The zero-order chi connectivity index (χ0) is 93.8. The average Bonchev–Trinajstić information content (AvgIpc) is 0.808. The van der Waals surface area contributed by atoms with Gasteiger partial charge in [0.05, 0.1) is 30.3 Å². The first-order valence-electron chi connectivity index (χ1n) is 43.4. The third kappa shape index (κ3) is 18.8. The number of nitrogens with zero attached hydrogens (tertiary/aromatic N) is 8. The van der Waals surface area contributed by atoms with Crippen LogP contribution < -0.4 is 11.1 Å². The molecular formula is C74H80F8N8O4S2. The molecular weight excluding hydrogens is 1280 g/mol. The molecule has 0 saturated carbocycles. The minimum absolute atomic E-state index is 0.0161. The number of alkyl halides is 6. The van der Waals surface area contributed by atoms with E-state index >= 15 is 4.79 Å². The molecule has 0 atom stereocenters. The van der Waals surface area contributed by atoms with Gasteiger partial charge in [-0.25, -0.2) is 8.78 Å². The maximum absolute atomic E-state index is 15.3. The van der Waals surface area contributed by atoms with Gasteiger partial charge < -0.3 is 28.7 Å². The maximum atomic E-state index is 15.3. The number of likely N-dealkylation sites (N-methyl/N-ethyl adjacent to an activating group) is 2. The second-order valence-corrected chi connectivity index (χ2v) is 22.7. The molecule has 8 aromatic rings. The number of carbonyl (C=O) groups is 2. The monoisotopic (exact) mass is 1390 g/mol. The molecule has 0 saturated heterocycles. The van der Waals surface area contributed by atoms with Crippen LogP contribution in [0.2, 0.25) is 0 Å². The topological polar surface area (TPSA) is 117 Å². The third-order valence-corrected chi connectivity index (χ3v) is 16.4. The van der Waals surface area contributed by atoms with E-state index in [2.05, 4.69) is 9.97 Å². The van der Waals surface area contributed by atoms with Gasteiger partial charge in [-0.2, -0.15) is 36.3 Å². The Labute approximate surface area is 603 Å². The van der Waals surface area contributed by atoms with E-state index in [0.717, 1.165) is 120 Å². The van der Waals surface area contributed by atoms with Gasteiger partial charge in [0.1, 0.15) is 24.6 Å². The fourth-order valence-corrected chi connectivity index (χ4v) is 11.2. The summed E-state index contributed by atoms with van der Waals surface area (Å²) in [6.07, 6.45) is -8.91. The summed E-state index contributed by atoms with van der Waals surface area (Å²) < 4.78 is 357. The molecule has 508 valence electrons. The summed E-state index contributed by atoms with van der Waals surface area (Å²) in [5.74, 6) is -5.16. The summed E-state index contributed by atoms with van der Waals surface area (Å²) in [5.41, 5.74) is -12.5. The number of amides is 2. The number of aromatic nitrogens is 4. The van der Waals surface area contributed by atoms with E-state index in [1.54, 1.807) is 0 Å². The number of hydrogen-bond acceptors (Lipinski definition) is 10. The lowest BCUT2D eigenvalue weighted by atomic mass is 9.98. The van der Waals surface area contributed by atoms with E-state index in [1.807, 2.05) is 0 Å². The lowest BCUT2D eigenvalue weighted by molar-refractivity contribution is -0.138. The molecule has 2 amide bonds. The predicted molar refractivity (Wildman–Crippen MR) is 363 cm³/mol. The minimum Gasteiger partial charge on any atom is -0.336 e. The van der Waals surface area contributed by atoms with Gasteiger partial charge in [0.15, 0.2) is 10.3 Å². The minimum atomic E-state index is -4.79. The van der Waals surface area contributed by atoms with Crippen LogP contribution >= 0.6 is 23.5 Å². The third-order valence-electron chi connectivity index (χ3n) is 14.9. The van der Waals surface area contributed by atoms with Crippen LogP contribution in [0.25, 0.3) is 22.3 Å². The van der Waals surface area contributed by atoms with Crippen LogP contribution in [0.5, 0.6) is 0 Å². The SMILES string of the molecule is [2H]c1c([2H])c(-c2ccc(C(F)(F)F)cc2)c([2H])c(C)c1CN(CCN(C([2H])([2H])C)C([2H])([2H])C)C(=O)C([2H])([2H])n1c(SC([2H])([2H])c2ccc(F)cc2)nc(=O)c2c1CCC2.[2H]c1c([2H])c(C([2H])([2H])N(C(=O)C([2H])([2H])n2c(SC([2H])([2H])c3ccc(F)cc3)nc(=O)c3c2CCC3)C([2H])([2H])C([2H])([2H])N(C([2H])([2H])C)C([2H])([2H])C)c(C)c([2H])c1-c1ccc(C(F)(F)F)cc1. The normalized spacial score (nSPS) is 18.8. The summed E-state index contributed by atoms with van der Waals surface area (Å²) in [6.45, 7) is -27.0. The van der Waals surface area contributed by atoms with E-state index in [4.69, 9.17) is 27.4 Å². The highest BCUT2D eigenvalue weighted by molar-refractivity contribution is 7.98. The zero-order valence-electron chi connectivity index (χ0n) is 80.2. The Hall–Kier alpha value is -7.92. The first-order chi connectivity index (χ1) is 56.4. The van der Waals surface area contributed by atoms with Crippen LogP contribution in [0.1, 0.15) is 146 Å².